The molecule has 0 radical (unpaired) electrons. The van der Waals surface area contributed by atoms with Crippen LogP contribution in [0.2, 0.25) is 5.02 Å². The van der Waals surface area contributed by atoms with E-state index in [9.17, 15) is 4.79 Å². The SMILES string of the molecule is Cc1ocnc1CNC(=O)Nc1cc(-c2cccc(Cl)c2)on1. The van der Waals surface area contributed by atoms with Gasteiger partial charge in [0.2, 0.25) is 0 Å². The second-order valence-corrected chi connectivity index (χ2v) is 5.19. The van der Waals surface area contributed by atoms with Crippen molar-refractivity contribution < 1.29 is 13.7 Å². The van der Waals surface area contributed by atoms with Gasteiger partial charge in [0.25, 0.3) is 0 Å². The zero-order valence-corrected chi connectivity index (χ0v) is 12.9. The summed E-state index contributed by atoms with van der Waals surface area (Å²) >= 11 is 5.93. The van der Waals surface area contributed by atoms with Crippen molar-refractivity contribution in [2.24, 2.45) is 0 Å². The van der Waals surface area contributed by atoms with E-state index < -0.39 is 6.03 Å². The van der Waals surface area contributed by atoms with Crippen LogP contribution in [0.3, 0.4) is 0 Å². The van der Waals surface area contributed by atoms with Crippen molar-refractivity contribution in [2.45, 2.75) is 13.5 Å². The Bertz CT molecular complexity index is 828. The zero-order chi connectivity index (χ0) is 16.2. The van der Waals surface area contributed by atoms with Crippen LogP contribution < -0.4 is 10.6 Å². The molecule has 0 bridgehead atoms. The van der Waals surface area contributed by atoms with Crippen LogP contribution in [0.15, 0.2) is 45.7 Å². The Balaban J connectivity index is 1.60. The number of hydrogen-bond acceptors (Lipinski definition) is 5. The van der Waals surface area contributed by atoms with Crippen LogP contribution in [-0.4, -0.2) is 16.2 Å². The number of rotatable bonds is 4. The molecule has 0 aliphatic rings. The number of nitrogens with zero attached hydrogens (tertiary/aromatic N) is 2. The summed E-state index contributed by atoms with van der Waals surface area (Å²) in [4.78, 5) is 15.8. The van der Waals surface area contributed by atoms with Crippen molar-refractivity contribution in [3.05, 3.63) is 53.2 Å². The fourth-order valence-corrected chi connectivity index (χ4v) is 2.12. The predicted octanol–water partition coefficient (Wildman–Crippen LogP) is 3.61. The fraction of sp³-hybridized carbons (Fsp3) is 0.133. The van der Waals surface area contributed by atoms with Gasteiger partial charge in [0.1, 0.15) is 11.5 Å². The second kappa shape index (κ2) is 6.53. The number of urea groups is 1. The molecule has 2 N–H and O–H groups in total. The first-order valence-corrected chi connectivity index (χ1v) is 7.16. The van der Waals surface area contributed by atoms with Crippen LogP contribution in [0.4, 0.5) is 10.6 Å². The Morgan fingerprint density at radius 1 is 1.35 bits per heavy atom. The Labute approximate surface area is 136 Å². The van der Waals surface area contributed by atoms with E-state index in [0.717, 1.165) is 5.56 Å². The van der Waals surface area contributed by atoms with Crippen LogP contribution in [0.1, 0.15) is 11.5 Å². The highest BCUT2D eigenvalue weighted by molar-refractivity contribution is 6.30. The first-order valence-electron chi connectivity index (χ1n) is 6.78. The van der Waals surface area contributed by atoms with Crippen LogP contribution in [0.25, 0.3) is 11.3 Å². The molecular formula is C15H13ClN4O3. The average molecular weight is 333 g/mol. The molecule has 0 saturated heterocycles. The molecule has 0 fully saturated rings. The molecule has 0 unspecified atom stereocenters. The van der Waals surface area contributed by atoms with Crippen LogP contribution in [0.5, 0.6) is 0 Å². The molecule has 8 heteroatoms. The number of nitrogens with one attached hydrogen (secondary N) is 2. The molecule has 0 aliphatic heterocycles. The van der Waals surface area contributed by atoms with E-state index >= 15 is 0 Å². The summed E-state index contributed by atoms with van der Waals surface area (Å²) in [7, 11) is 0. The maximum atomic E-state index is 11.8. The van der Waals surface area contributed by atoms with Crippen molar-refractivity contribution in [3.63, 3.8) is 0 Å². The molecule has 2 amide bonds. The number of oxazole rings is 1. The summed E-state index contributed by atoms with van der Waals surface area (Å²) in [5, 5.41) is 9.63. The Hall–Kier alpha value is -2.80. The van der Waals surface area contributed by atoms with Crippen molar-refractivity contribution in [1.29, 1.82) is 0 Å². The van der Waals surface area contributed by atoms with Crippen LogP contribution in [-0.2, 0) is 6.54 Å². The minimum atomic E-state index is -0.418. The summed E-state index contributed by atoms with van der Waals surface area (Å²) in [6.07, 6.45) is 1.33. The van der Waals surface area contributed by atoms with Crippen LogP contribution in [0, 0.1) is 6.92 Å². The van der Waals surface area contributed by atoms with Gasteiger partial charge in [-0.2, -0.15) is 0 Å². The van der Waals surface area contributed by atoms with E-state index in [1.807, 2.05) is 6.07 Å². The van der Waals surface area contributed by atoms with E-state index in [-0.39, 0.29) is 6.54 Å². The molecule has 2 aromatic heterocycles. The Morgan fingerprint density at radius 3 is 2.96 bits per heavy atom. The molecular weight excluding hydrogens is 320 g/mol. The predicted molar refractivity (Wildman–Crippen MR) is 84.0 cm³/mol. The number of amides is 2. The maximum absolute atomic E-state index is 11.8. The third-order valence-corrected chi connectivity index (χ3v) is 3.36. The number of benzene rings is 1. The number of hydrogen-bond donors (Lipinski definition) is 2. The van der Waals surface area contributed by atoms with Gasteiger partial charge in [-0.05, 0) is 19.1 Å². The van der Waals surface area contributed by atoms with Crippen molar-refractivity contribution in [3.8, 4) is 11.3 Å². The molecule has 7 nitrogen and oxygen atoms in total. The number of aromatic nitrogens is 2. The van der Waals surface area contributed by atoms with E-state index in [4.69, 9.17) is 20.5 Å². The summed E-state index contributed by atoms with van der Waals surface area (Å²) in [5.41, 5.74) is 1.44. The highest BCUT2D eigenvalue weighted by Gasteiger charge is 2.11. The first kappa shape index (κ1) is 15.1. The molecule has 3 aromatic rings. The topological polar surface area (TPSA) is 93.2 Å². The first-order chi connectivity index (χ1) is 11.1. The molecule has 1 aromatic carbocycles. The van der Waals surface area contributed by atoms with E-state index in [0.29, 0.717) is 28.1 Å². The Morgan fingerprint density at radius 2 is 2.22 bits per heavy atom. The lowest BCUT2D eigenvalue weighted by atomic mass is 10.2. The van der Waals surface area contributed by atoms with Gasteiger partial charge in [-0.15, -0.1) is 0 Å². The monoisotopic (exact) mass is 332 g/mol. The lowest BCUT2D eigenvalue weighted by molar-refractivity contribution is 0.251. The summed E-state index contributed by atoms with van der Waals surface area (Å²) in [6.45, 7) is 2.03. The van der Waals surface area contributed by atoms with Gasteiger partial charge in [-0.3, -0.25) is 5.32 Å². The molecule has 118 valence electrons. The van der Waals surface area contributed by atoms with Crippen molar-refractivity contribution in [1.82, 2.24) is 15.5 Å². The van der Waals surface area contributed by atoms with Gasteiger partial charge >= 0.3 is 6.03 Å². The smallest absolute Gasteiger partial charge is 0.320 e. The molecule has 0 atom stereocenters. The van der Waals surface area contributed by atoms with E-state index in [1.165, 1.54) is 6.39 Å². The number of carbonyl (C=O) groups is 1. The highest BCUT2D eigenvalue weighted by atomic mass is 35.5. The van der Waals surface area contributed by atoms with Crippen molar-refractivity contribution in [2.75, 3.05) is 5.32 Å². The molecule has 2 heterocycles. The number of aryl methyl sites for hydroxylation is 1. The minimum Gasteiger partial charge on any atom is -0.448 e. The number of halogens is 1. The largest absolute Gasteiger partial charge is 0.448 e. The summed E-state index contributed by atoms with van der Waals surface area (Å²) in [6, 6.07) is 8.36. The lowest BCUT2D eigenvalue weighted by Crippen LogP contribution is -2.28. The fourth-order valence-electron chi connectivity index (χ4n) is 1.93. The third-order valence-electron chi connectivity index (χ3n) is 3.12. The molecule has 0 aliphatic carbocycles. The third kappa shape index (κ3) is 3.70. The van der Waals surface area contributed by atoms with Crippen LogP contribution >= 0.6 is 11.6 Å². The Kier molecular flexibility index (Phi) is 4.29. The number of anilines is 1. The molecule has 0 saturated carbocycles. The average Bonchev–Trinajstić information content (AvgIpc) is 3.14. The van der Waals surface area contributed by atoms with Gasteiger partial charge in [-0.25, -0.2) is 9.78 Å². The zero-order valence-electron chi connectivity index (χ0n) is 12.2. The lowest BCUT2D eigenvalue weighted by Gasteiger charge is -2.03. The maximum Gasteiger partial charge on any atom is 0.320 e. The second-order valence-electron chi connectivity index (χ2n) is 4.75. The van der Waals surface area contributed by atoms with Gasteiger partial charge in [-0.1, -0.05) is 28.9 Å². The highest BCUT2D eigenvalue weighted by Crippen LogP contribution is 2.24. The van der Waals surface area contributed by atoms with E-state index in [2.05, 4.69) is 20.8 Å². The summed E-state index contributed by atoms with van der Waals surface area (Å²) in [5.74, 6) is 1.47. The van der Waals surface area contributed by atoms with Gasteiger partial charge in [0.05, 0.1) is 6.54 Å². The number of carbonyl (C=O) groups excluding carboxylic acids is 1. The summed E-state index contributed by atoms with van der Waals surface area (Å²) < 4.78 is 10.3. The van der Waals surface area contributed by atoms with Gasteiger partial charge < -0.3 is 14.3 Å². The van der Waals surface area contributed by atoms with E-state index in [1.54, 1.807) is 31.2 Å². The standard InChI is InChI=1S/C15H13ClN4O3/c1-9-12(18-8-22-9)7-17-15(21)19-14-6-13(23-20-14)10-3-2-4-11(16)5-10/h2-6,8H,7H2,1H3,(H2,17,19,20,21). The molecule has 23 heavy (non-hydrogen) atoms. The van der Waals surface area contributed by atoms with Gasteiger partial charge in [0, 0.05) is 16.7 Å². The van der Waals surface area contributed by atoms with Gasteiger partial charge in [0.15, 0.2) is 18.0 Å². The molecule has 0 spiro atoms. The molecule has 3 rings (SSSR count). The minimum absolute atomic E-state index is 0.257. The van der Waals surface area contributed by atoms with Crippen molar-refractivity contribution >= 4 is 23.4 Å². The normalized spacial score (nSPS) is 10.5. The quantitative estimate of drug-likeness (QED) is 0.761.